The van der Waals surface area contributed by atoms with Gasteiger partial charge in [0, 0.05) is 12.0 Å². The maximum atomic E-state index is 10.3. The summed E-state index contributed by atoms with van der Waals surface area (Å²) in [5.74, 6) is 1.19. The zero-order valence-corrected chi connectivity index (χ0v) is 9.95. The summed E-state index contributed by atoms with van der Waals surface area (Å²) in [5, 5.41) is 0. The first-order valence-corrected chi connectivity index (χ1v) is 5.65. The van der Waals surface area contributed by atoms with E-state index in [0.29, 0.717) is 6.42 Å². The Morgan fingerprint density at radius 2 is 2.19 bits per heavy atom. The van der Waals surface area contributed by atoms with Crippen molar-refractivity contribution >= 4 is 5.78 Å². The number of ketones is 1. The van der Waals surface area contributed by atoms with Crippen molar-refractivity contribution in [3.05, 3.63) is 30.9 Å². The molecule has 2 heteroatoms. The van der Waals surface area contributed by atoms with E-state index in [2.05, 4.69) is 18.7 Å². The Morgan fingerprint density at radius 1 is 1.44 bits per heavy atom. The van der Waals surface area contributed by atoms with Gasteiger partial charge in [0.15, 0.2) is 5.78 Å². The quantitative estimate of drug-likeness (QED) is 0.717. The van der Waals surface area contributed by atoms with Crippen molar-refractivity contribution in [3.8, 4) is 16.9 Å². The fourth-order valence-electron chi connectivity index (χ4n) is 1.36. The number of rotatable bonds is 5. The number of hydrogen-bond acceptors (Lipinski definition) is 2. The summed E-state index contributed by atoms with van der Waals surface area (Å²) in [6, 6.07) is 6.24. The van der Waals surface area contributed by atoms with E-state index in [4.69, 9.17) is 4.74 Å². The van der Waals surface area contributed by atoms with E-state index >= 15 is 0 Å². The number of carbonyl (C=O) groups is 1. The van der Waals surface area contributed by atoms with Crippen LogP contribution in [0.5, 0.6) is 5.75 Å². The highest BCUT2D eigenvalue weighted by Gasteiger charge is 2.17. The fourth-order valence-corrected chi connectivity index (χ4v) is 1.36. The van der Waals surface area contributed by atoms with Gasteiger partial charge in [0.05, 0.1) is 6.61 Å². The van der Waals surface area contributed by atoms with Crippen LogP contribution in [-0.2, 0) is 4.79 Å². The summed E-state index contributed by atoms with van der Waals surface area (Å²) in [4.78, 5) is 10.3. The van der Waals surface area contributed by atoms with Gasteiger partial charge in [-0.1, -0.05) is 19.6 Å². The van der Waals surface area contributed by atoms with Crippen LogP contribution < -0.4 is 4.74 Å². The fraction of sp³-hybridized carbons (Fsp3) is 0.357. The number of fused-ring (bicyclic) bond motifs is 1. The SMILES string of the molecule is C=CC(=O)CCC.CCOc1ccc2cc1-2. The van der Waals surface area contributed by atoms with E-state index in [0.717, 1.165) is 18.8 Å². The number of benzene rings is 1. The van der Waals surface area contributed by atoms with Gasteiger partial charge in [0.25, 0.3) is 0 Å². The third-order valence-corrected chi connectivity index (χ3v) is 2.23. The lowest BCUT2D eigenvalue weighted by Gasteiger charge is -1.96. The molecular weight excluding hydrogens is 200 g/mol. The average molecular weight is 218 g/mol. The first-order valence-electron chi connectivity index (χ1n) is 5.65. The maximum Gasteiger partial charge on any atom is 0.155 e. The largest absolute Gasteiger partial charge is 0.493 e. The van der Waals surface area contributed by atoms with Gasteiger partial charge in [-0.15, -0.1) is 0 Å². The van der Waals surface area contributed by atoms with Gasteiger partial charge in [-0.25, -0.2) is 0 Å². The molecule has 0 aromatic carbocycles. The molecule has 2 aliphatic rings. The monoisotopic (exact) mass is 218 g/mol. The third-order valence-electron chi connectivity index (χ3n) is 2.23. The van der Waals surface area contributed by atoms with E-state index in [1.54, 1.807) is 0 Å². The van der Waals surface area contributed by atoms with Gasteiger partial charge in [-0.05, 0) is 37.1 Å². The average Bonchev–Trinajstić information content (AvgIpc) is 2.97. The smallest absolute Gasteiger partial charge is 0.155 e. The second-order valence-corrected chi connectivity index (χ2v) is 3.56. The highest BCUT2D eigenvalue weighted by atomic mass is 16.5. The molecule has 2 rings (SSSR count). The van der Waals surface area contributed by atoms with E-state index in [1.165, 1.54) is 17.2 Å². The van der Waals surface area contributed by atoms with Crippen molar-refractivity contribution in [1.82, 2.24) is 0 Å². The van der Waals surface area contributed by atoms with Gasteiger partial charge in [-0.3, -0.25) is 4.79 Å². The summed E-state index contributed by atoms with van der Waals surface area (Å²) in [7, 11) is 0. The highest BCUT2D eigenvalue weighted by Crippen LogP contribution is 2.43. The second-order valence-electron chi connectivity index (χ2n) is 3.56. The van der Waals surface area contributed by atoms with Gasteiger partial charge in [0.1, 0.15) is 5.75 Å². The predicted octanol–water partition coefficient (Wildman–Crippen LogP) is 3.61. The molecule has 0 aromatic rings. The van der Waals surface area contributed by atoms with Gasteiger partial charge in [0.2, 0.25) is 0 Å². The van der Waals surface area contributed by atoms with Gasteiger partial charge in [-0.2, -0.15) is 0 Å². The van der Waals surface area contributed by atoms with Gasteiger partial charge >= 0.3 is 0 Å². The molecule has 0 radical (unpaired) electrons. The molecule has 0 bridgehead atoms. The van der Waals surface area contributed by atoms with Gasteiger partial charge < -0.3 is 4.74 Å². The van der Waals surface area contributed by atoms with Crippen LogP contribution in [-0.4, -0.2) is 12.4 Å². The molecule has 0 amide bonds. The van der Waals surface area contributed by atoms with E-state index in [-0.39, 0.29) is 5.78 Å². The molecule has 0 saturated carbocycles. The first kappa shape index (κ1) is 12.5. The zero-order chi connectivity index (χ0) is 12.0. The minimum absolute atomic E-state index is 0.141. The van der Waals surface area contributed by atoms with Crippen LogP contribution >= 0.6 is 0 Å². The van der Waals surface area contributed by atoms with E-state index < -0.39 is 0 Å². The molecule has 2 nitrogen and oxygen atoms in total. The summed E-state index contributed by atoms with van der Waals surface area (Å²) < 4.78 is 5.30. The Bertz CT molecular complexity index is 380. The van der Waals surface area contributed by atoms with Crippen LogP contribution in [0.15, 0.2) is 30.9 Å². The third kappa shape index (κ3) is 3.54. The summed E-state index contributed by atoms with van der Waals surface area (Å²) >= 11 is 0. The van der Waals surface area contributed by atoms with Crippen molar-refractivity contribution in [3.63, 3.8) is 0 Å². The maximum absolute atomic E-state index is 10.3. The van der Waals surface area contributed by atoms with Crippen molar-refractivity contribution in [2.45, 2.75) is 26.7 Å². The zero-order valence-electron chi connectivity index (χ0n) is 9.95. The molecular formula is C14H18O2. The summed E-state index contributed by atoms with van der Waals surface area (Å²) in [6.45, 7) is 8.07. The Kier molecular flexibility index (Phi) is 4.77. The van der Waals surface area contributed by atoms with Crippen molar-refractivity contribution in [2.75, 3.05) is 6.61 Å². The van der Waals surface area contributed by atoms with Crippen LogP contribution in [0, 0.1) is 0 Å². The summed E-state index contributed by atoms with van der Waals surface area (Å²) in [6.07, 6.45) is 2.93. The number of carbonyl (C=O) groups excluding carboxylic acids is 1. The van der Waals surface area contributed by atoms with Crippen LogP contribution in [0.1, 0.15) is 26.7 Å². The molecule has 86 valence electrons. The molecule has 0 spiro atoms. The second kappa shape index (κ2) is 6.11. The Hall–Kier alpha value is -1.57. The lowest BCUT2D eigenvalue weighted by molar-refractivity contribution is -0.114. The minimum atomic E-state index is 0.141. The Morgan fingerprint density at radius 3 is 2.50 bits per heavy atom. The minimum Gasteiger partial charge on any atom is -0.493 e. The molecule has 0 N–H and O–H groups in total. The van der Waals surface area contributed by atoms with Crippen LogP contribution in [0.2, 0.25) is 0 Å². The summed E-state index contributed by atoms with van der Waals surface area (Å²) in [5.41, 5.74) is 2.65. The molecule has 0 saturated heterocycles. The molecule has 0 aliphatic heterocycles. The van der Waals surface area contributed by atoms with Crippen molar-refractivity contribution in [2.24, 2.45) is 0 Å². The Balaban J connectivity index is 0.000000168. The molecule has 0 aromatic heterocycles. The number of hydrogen-bond donors (Lipinski definition) is 0. The van der Waals surface area contributed by atoms with Crippen LogP contribution in [0.4, 0.5) is 0 Å². The first-order chi connectivity index (χ1) is 7.72. The number of ether oxygens (including phenoxy) is 1. The molecule has 0 fully saturated rings. The molecule has 2 aliphatic carbocycles. The van der Waals surface area contributed by atoms with Crippen molar-refractivity contribution < 1.29 is 9.53 Å². The standard InChI is InChI=1S/C8H8O.C6H10O/c1-2-9-8-4-3-6-5-7(6)8;1-3-5-6(7)4-2/h3-5H,2H2,1H3;4H,2-3,5H2,1H3. The van der Waals surface area contributed by atoms with Crippen LogP contribution in [0.3, 0.4) is 0 Å². The van der Waals surface area contributed by atoms with E-state index in [9.17, 15) is 4.79 Å². The molecule has 16 heavy (non-hydrogen) atoms. The molecule has 0 heterocycles. The van der Waals surface area contributed by atoms with Crippen molar-refractivity contribution in [1.29, 1.82) is 0 Å². The predicted molar refractivity (Wildman–Crippen MR) is 66.7 cm³/mol. The lowest BCUT2D eigenvalue weighted by atomic mass is 10.2. The molecule has 0 unspecified atom stereocenters. The topological polar surface area (TPSA) is 26.3 Å². The lowest BCUT2D eigenvalue weighted by Crippen LogP contribution is -1.88. The Labute approximate surface area is 96.9 Å². The normalized spacial score (nSPS) is 9.88. The van der Waals surface area contributed by atoms with Crippen LogP contribution in [0.25, 0.3) is 11.1 Å². The highest BCUT2D eigenvalue weighted by molar-refractivity contribution is 5.88. The molecule has 0 atom stereocenters. The van der Waals surface area contributed by atoms with E-state index in [1.807, 2.05) is 19.9 Å². The number of allylic oxidation sites excluding steroid dienone is 1.